The van der Waals surface area contributed by atoms with Gasteiger partial charge in [0.1, 0.15) is 11.4 Å². The van der Waals surface area contributed by atoms with Crippen LogP contribution in [0.3, 0.4) is 0 Å². The van der Waals surface area contributed by atoms with Crippen molar-refractivity contribution in [1.82, 2.24) is 19.8 Å². The number of amides is 1. The predicted molar refractivity (Wildman–Crippen MR) is 66.2 cm³/mol. The van der Waals surface area contributed by atoms with Crippen molar-refractivity contribution in [3.05, 3.63) is 12.4 Å². The second-order valence-electron chi connectivity index (χ2n) is 4.42. The van der Waals surface area contributed by atoms with Gasteiger partial charge in [-0.05, 0) is 6.42 Å². The maximum Gasteiger partial charge on any atom is 0.325 e. The van der Waals surface area contributed by atoms with Crippen LogP contribution >= 0.6 is 0 Å². The van der Waals surface area contributed by atoms with Gasteiger partial charge in [0, 0.05) is 25.2 Å². The number of hydrogen-bond donors (Lipinski definition) is 3. The molecule has 0 aromatic carbocycles. The van der Waals surface area contributed by atoms with E-state index in [1.165, 1.54) is 0 Å². The molecule has 1 fully saturated rings. The normalized spacial score (nSPS) is 19.0. The number of carboxylic acid groups (broad SMARTS) is 1. The van der Waals surface area contributed by atoms with E-state index < -0.39 is 22.5 Å². The van der Waals surface area contributed by atoms with Crippen LogP contribution in [0.5, 0.6) is 0 Å². The Morgan fingerprint density at radius 2 is 2.35 bits per heavy atom. The lowest BCUT2D eigenvalue weighted by Gasteiger charge is -2.10. The highest BCUT2D eigenvalue weighted by Crippen LogP contribution is 2.09. The maximum absolute atomic E-state index is 11.9. The summed E-state index contributed by atoms with van der Waals surface area (Å²) >= 11 is 0. The first-order valence-corrected chi connectivity index (χ1v) is 7.38. The lowest BCUT2D eigenvalue weighted by Crippen LogP contribution is -2.38. The Bertz CT molecular complexity index is 623. The highest BCUT2D eigenvalue weighted by Gasteiger charge is 2.24. The first-order valence-electron chi connectivity index (χ1n) is 5.90. The lowest BCUT2D eigenvalue weighted by atomic mass is 10.2. The van der Waals surface area contributed by atoms with E-state index in [4.69, 9.17) is 5.11 Å². The fourth-order valence-corrected chi connectivity index (χ4v) is 2.87. The number of hydrogen-bond acceptors (Lipinski definition) is 5. The van der Waals surface area contributed by atoms with Gasteiger partial charge in [0.15, 0.2) is 0 Å². The number of carbonyl (C=O) groups is 2. The van der Waals surface area contributed by atoms with Crippen LogP contribution in [0.25, 0.3) is 0 Å². The van der Waals surface area contributed by atoms with Crippen LogP contribution in [-0.4, -0.2) is 47.8 Å². The zero-order valence-electron chi connectivity index (χ0n) is 10.4. The molecule has 2 heterocycles. The summed E-state index contributed by atoms with van der Waals surface area (Å²) in [6, 6.07) is -0.216. The Kier molecular flexibility index (Phi) is 4.04. The Balaban J connectivity index is 1.97. The fourth-order valence-electron chi connectivity index (χ4n) is 1.83. The average molecular weight is 302 g/mol. The van der Waals surface area contributed by atoms with Gasteiger partial charge in [-0.15, -0.1) is 0 Å². The number of nitrogens with one attached hydrogen (secondary N) is 2. The van der Waals surface area contributed by atoms with E-state index in [2.05, 4.69) is 15.1 Å². The largest absolute Gasteiger partial charge is 0.480 e. The van der Waals surface area contributed by atoms with Crippen molar-refractivity contribution in [3.8, 4) is 0 Å². The van der Waals surface area contributed by atoms with Crippen LogP contribution in [0.1, 0.15) is 12.8 Å². The van der Waals surface area contributed by atoms with Gasteiger partial charge in [0.25, 0.3) is 0 Å². The third kappa shape index (κ3) is 3.54. The van der Waals surface area contributed by atoms with E-state index in [0.29, 0.717) is 12.8 Å². The molecule has 0 radical (unpaired) electrons. The topological polar surface area (TPSA) is 130 Å². The van der Waals surface area contributed by atoms with Crippen LogP contribution in [0.15, 0.2) is 17.3 Å². The number of rotatable bonds is 6. The van der Waals surface area contributed by atoms with Crippen molar-refractivity contribution in [2.75, 3.05) is 6.54 Å². The predicted octanol–water partition coefficient (Wildman–Crippen LogP) is -1.48. The molecule has 110 valence electrons. The number of aliphatic carboxylic acids is 1. The maximum atomic E-state index is 11.9. The van der Waals surface area contributed by atoms with E-state index in [9.17, 15) is 18.0 Å². The summed E-state index contributed by atoms with van der Waals surface area (Å²) in [4.78, 5) is 21.4. The molecule has 1 aliphatic heterocycles. The Labute approximate surface area is 115 Å². The molecule has 1 amide bonds. The zero-order chi connectivity index (χ0) is 14.8. The Morgan fingerprint density at radius 3 is 2.95 bits per heavy atom. The van der Waals surface area contributed by atoms with E-state index in [1.807, 2.05) is 0 Å². The minimum Gasteiger partial charge on any atom is -0.480 e. The SMILES string of the molecule is O=C(O)Cn1cc(S(=O)(=O)NCC2CCC(=O)N2)cn1. The number of sulfonamides is 1. The second-order valence-corrected chi connectivity index (χ2v) is 6.19. The van der Waals surface area contributed by atoms with Crippen LogP contribution in [0.4, 0.5) is 0 Å². The zero-order valence-corrected chi connectivity index (χ0v) is 11.3. The van der Waals surface area contributed by atoms with E-state index >= 15 is 0 Å². The molecule has 3 N–H and O–H groups in total. The van der Waals surface area contributed by atoms with Gasteiger partial charge < -0.3 is 10.4 Å². The van der Waals surface area contributed by atoms with Crippen molar-refractivity contribution in [2.45, 2.75) is 30.3 Å². The molecule has 0 saturated carbocycles. The van der Waals surface area contributed by atoms with Crippen molar-refractivity contribution < 1.29 is 23.1 Å². The van der Waals surface area contributed by atoms with Crippen molar-refractivity contribution >= 4 is 21.9 Å². The van der Waals surface area contributed by atoms with Gasteiger partial charge in [-0.2, -0.15) is 5.10 Å². The molecule has 10 heteroatoms. The van der Waals surface area contributed by atoms with Crippen LogP contribution in [0, 0.1) is 0 Å². The molecule has 1 aromatic heterocycles. The van der Waals surface area contributed by atoms with Crippen molar-refractivity contribution in [3.63, 3.8) is 0 Å². The summed E-state index contributed by atoms with van der Waals surface area (Å²) in [5.41, 5.74) is 0. The summed E-state index contributed by atoms with van der Waals surface area (Å²) in [7, 11) is -3.76. The molecule has 0 spiro atoms. The molecule has 0 aliphatic carbocycles. The molecule has 9 nitrogen and oxygen atoms in total. The van der Waals surface area contributed by atoms with Gasteiger partial charge in [-0.3, -0.25) is 14.3 Å². The third-order valence-corrected chi connectivity index (χ3v) is 4.20. The van der Waals surface area contributed by atoms with Crippen molar-refractivity contribution in [1.29, 1.82) is 0 Å². The standard InChI is InChI=1S/C10H14N4O5S/c15-9-2-1-7(13-9)3-12-20(18,19)8-4-11-14(5-8)6-10(16)17/h4-5,7,12H,1-3,6H2,(H,13,15)(H,16,17). The summed E-state index contributed by atoms with van der Waals surface area (Å²) in [6.45, 7) is -0.313. The minimum atomic E-state index is -3.76. The second kappa shape index (κ2) is 5.59. The quantitative estimate of drug-likeness (QED) is 0.588. The summed E-state index contributed by atoms with van der Waals surface area (Å²) in [5, 5.41) is 14.9. The van der Waals surface area contributed by atoms with Gasteiger partial charge in [0.05, 0.1) is 6.20 Å². The number of carboxylic acids is 1. The van der Waals surface area contributed by atoms with E-state index in [0.717, 1.165) is 17.1 Å². The molecular formula is C10H14N4O5S. The minimum absolute atomic E-state index is 0.0940. The first kappa shape index (κ1) is 14.5. The first-order chi connectivity index (χ1) is 9.37. The van der Waals surface area contributed by atoms with E-state index in [-0.39, 0.29) is 23.4 Å². The van der Waals surface area contributed by atoms with Crippen LogP contribution in [0.2, 0.25) is 0 Å². The number of carbonyl (C=O) groups excluding carboxylic acids is 1. The lowest BCUT2D eigenvalue weighted by molar-refractivity contribution is -0.137. The number of nitrogens with zero attached hydrogens (tertiary/aromatic N) is 2. The molecule has 1 saturated heterocycles. The van der Waals surface area contributed by atoms with Crippen LogP contribution in [-0.2, 0) is 26.2 Å². The third-order valence-electron chi connectivity index (χ3n) is 2.82. The summed E-state index contributed by atoms with van der Waals surface area (Å²) in [6.07, 6.45) is 3.20. The molecule has 1 aliphatic rings. The molecule has 0 bridgehead atoms. The van der Waals surface area contributed by atoms with Crippen LogP contribution < -0.4 is 10.0 Å². The Morgan fingerprint density at radius 1 is 1.60 bits per heavy atom. The molecule has 1 atom stereocenters. The van der Waals surface area contributed by atoms with Gasteiger partial charge in [-0.1, -0.05) is 0 Å². The van der Waals surface area contributed by atoms with Gasteiger partial charge in [0.2, 0.25) is 15.9 Å². The summed E-state index contributed by atoms with van der Waals surface area (Å²) in [5.74, 6) is -1.21. The molecular weight excluding hydrogens is 288 g/mol. The molecule has 2 rings (SSSR count). The van der Waals surface area contributed by atoms with Gasteiger partial charge in [-0.25, -0.2) is 13.1 Å². The smallest absolute Gasteiger partial charge is 0.325 e. The van der Waals surface area contributed by atoms with Gasteiger partial charge >= 0.3 is 5.97 Å². The van der Waals surface area contributed by atoms with Crippen molar-refractivity contribution in [2.24, 2.45) is 0 Å². The summed E-state index contributed by atoms with van der Waals surface area (Å²) < 4.78 is 27.3. The molecule has 1 aromatic rings. The monoisotopic (exact) mass is 302 g/mol. The highest BCUT2D eigenvalue weighted by molar-refractivity contribution is 7.89. The highest BCUT2D eigenvalue weighted by atomic mass is 32.2. The average Bonchev–Trinajstić information content (AvgIpc) is 2.95. The Hall–Kier alpha value is -1.94. The van der Waals surface area contributed by atoms with E-state index in [1.54, 1.807) is 0 Å². The molecule has 20 heavy (non-hydrogen) atoms. The fraction of sp³-hybridized carbons (Fsp3) is 0.500. The molecule has 1 unspecified atom stereocenters. The number of aromatic nitrogens is 2.